The Labute approximate surface area is 152 Å². The summed E-state index contributed by atoms with van der Waals surface area (Å²) in [5.41, 5.74) is 1.43. The molecule has 0 aliphatic heterocycles. The quantitative estimate of drug-likeness (QED) is 0.631. The van der Waals surface area contributed by atoms with Gasteiger partial charge in [0.1, 0.15) is 6.54 Å². The molecule has 0 aliphatic carbocycles. The highest BCUT2D eigenvalue weighted by Crippen LogP contribution is 2.38. The normalized spacial score (nSPS) is 11.9. The van der Waals surface area contributed by atoms with Crippen molar-refractivity contribution < 1.29 is 23.1 Å². The van der Waals surface area contributed by atoms with Crippen molar-refractivity contribution in [1.29, 1.82) is 0 Å². The number of hydrogen-bond donors (Lipinski definition) is 3. The summed E-state index contributed by atoms with van der Waals surface area (Å²) in [4.78, 5) is 11.9. The number of H-pyrrole nitrogens is 1. The average molecular weight is 381 g/mol. The number of amides is 1. The minimum absolute atomic E-state index is 0.0971. The van der Waals surface area contributed by atoms with E-state index in [1.165, 1.54) is 10.9 Å². The Morgan fingerprint density at radius 3 is 2.74 bits per heavy atom. The molecule has 0 saturated heterocycles. The lowest BCUT2D eigenvalue weighted by Gasteiger charge is -2.11. The number of carbonyl (C=O) groups is 1. The number of nitrogens with one attached hydrogen (secondary N) is 2. The zero-order valence-electron chi connectivity index (χ0n) is 14.7. The largest absolute Gasteiger partial charge is 0.416 e. The maximum atomic E-state index is 13.3. The summed E-state index contributed by atoms with van der Waals surface area (Å²) in [6, 6.07) is 2.09. The Morgan fingerprint density at radius 1 is 1.33 bits per heavy atom. The van der Waals surface area contributed by atoms with Gasteiger partial charge in [-0.3, -0.25) is 14.6 Å². The van der Waals surface area contributed by atoms with Gasteiger partial charge in [-0.15, -0.1) is 0 Å². The van der Waals surface area contributed by atoms with E-state index in [2.05, 4.69) is 20.6 Å². The number of aryl methyl sites for hydroxylation is 1. The van der Waals surface area contributed by atoms with Gasteiger partial charge in [-0.25, -0.2) is 0 Å². The van der Waals surface area contributed by atoms with Crippen LogP contribution in [0.5, 0.6) is 0 Å². The third-order valence-electron chi connectivity index (χ3n) is 4.26. The van der Waals surface area contributed by atoms with Gasteiger partial charge in [0.15, 0.2) is 0 Å². The molecule has 0 unspecified atom stereocenters. The molecule has 3 aromatic rings. The van der Waals surface area contributed by atoms with Crippen molar-refractivity contribution in [3.05, 3.63) is 35.3 Å². The predicted molar refractivity (Wildman–Crippen MR) is 91.9 cm³/mol. The molecular formula is C17H18F3N5O2. The standard InChI is InChI=1S/C17H18F3N5O2/c1-9-16(10(2)25(24-9)8-15(27)21-3-4-26)12-5-11(17(18,19)20)6-14-13(12)7-22-23-14/h5-7,26H,3-4,8H2,1-2H3,(H,21,27)(H,22,23). The number of halogens is 3. The van der Waals surface area contributed by atoms with E-state index in [0.717, 1.165) is 12.1 Å². The minimum atomic E-state index is -4.50. The number of hydrogen-bond acceptors (Lipinski definition) is 4. The average Bonchev–Trinajstić information content (AvgIpc) is 3.16. The van der Waals surface area contributed by atoms with Crippen molar-refractivity contribution >= 4 is 16.8 Å². The summed E-state index contributed by atoms with van der Waals surface area (Å²) in [6.45, 7) is 3.21. The lowest BCUT2D eigenvalue weighted by Crippen LogP contribution is -2.30. The molecule has 2 heterocycles. The lowest BCUT2D eigenvalue weighted by atomic mass is 9.97. The minimum Gasteiger partial charge on any atom is -0.395 e. The molecule has 0 saturated carbocycles. The van der Waals surface area contributed by atoms with Crippen LogP contribution in [0.15, 0.2) is 18.3 Å². The molecular weight excluding hydrogens is 363 g/mol. The lowest BCUT2D eigenvalue weighted by molar-refractivity contribution is -0.137. The van der Waals surface area contributed by atoms with E-state index in [-0.39, 0.29) is 31.1 Å². The van der Waals surface area contributed by atoms with Gasteiger partial charge in [0.05, 0.1) is 29.6 Å². The second-order valence-electron chi connectivity index (χ2n) is 6.13. The molecule has 7 nitrogen and oxygen atoms in total. The number of carbonyl (C=O) groups excluding carboxylic acids is 1. The summed E-state index contributed by atoms with van der Waals surface area (Å²) in [6.07, 6.45) is -3.04. The fourth-order valence-electron chi connectivity index (χ4n) is 3.05. The highest BCUT2D eigenvalue weighted by molar-refractivity contribution is 5.96. The molecule has 2 aromatic heterocycles. The van der Waals surface area contributed by atoms with Crippen LogP contribution in [0.2, 0.25) is 0 Å². The van der Waals surface area contributed by atoms with Crippen LogP contribution in [0.25, 0.3) is 22.0 Å². The van der Waals surface area contributed by atoms with Crippen LogP contribution < -0.4 is 5.32 Å². The van der Waals surface area contributed by atoms with E-state index in [1.807, 2.05) is 0 Å². The molecule has 0 aliphatic rings. The Bertz CT molecular complexity index is 991. The first kappa shape index (κ1) is 18.9. The molecule has 0 spiro atoms. The van der Waals surface area contributed by atoms with E-state index >= 15 is 0 Å². The Kier molecular flexibility index (Phi) is 4.92. The van der Waals surface area contributed by atoms with Crippen LogP contribution >= 0.6 is 0 Å². The van der Waals surface area contributed by atoms with Gasteiger partial charge < -0.3 is 10.4 Å². The molecule has 3 rings (SSSR count). The highest BCUT2D eigenvalue weighted by atomic mass is 19.4. The summed E-state index contributed by atoms with van der Waals surface area (Å²) < 4.78 is 41.3. The van der Waals surface area contributed by atoms with Gasteiger partial charge in [-0.1, -0.05) is 0 Å². The van der Waals surface area contributed by atoms with Crippen LogP contribution in [0, 0.1) is 13.8 Å². The van der Waals surface area contributed by atoms with Crippen LogP contribution in [0.3, 0.4) is 0 Å². The molecule has 144 valence electrons. The van der Waals surface area contributed by atoms with Crippen LogP contribution in [0.1, 0.15) is 17.0 Å². The van der Waals surface area contributed by atoms with Gasteiger partial charge >= 0.3 is 6.18 Å². The first-order valence-electron chi connectivity index (χ1n) is 8.18. The Morgan fingerprint density at radius 2 is 2.07 bits per heavy atom. The maximum absolute atomic E-state index is 13.3. The first-order valence-corrected chi connectivity index (χ1v) is 8.18. The van der Waals surface area contributed by atoms with Crippen molar-refractivity contribution in [2.75, 3.05) is 13.2 Å². The van der Waals surface area contributed by atoms with Crippen molar-refractivity contribution in [3.8, 4) is 11.1 Å². The number of benzene rings is 1. The van der Waals surface area contributed by atoms with Crippen LogP contribution in [0.4, 0.5) is 13.2 Å². The van der Waals surface area contributed by atoms with E-state index in [1.54, 1.807) is 13.8 Å². The van der Waals surface area contributed by atoms with Crippen molar-refractivity contribution in [2.45, 2.75) is 26.6 Å². The molecule has 3 N–H and O–H groups in total. The van der Waals surface area contributed by atoms with Gasteiger partial charge in [0, 0.05) is 23.2 Å². The topological polar surface area (TPSA) is 95.8 Å². The number of aromatic amines is 1. The predicted octanol–water partition coefficient (Wildman–Crippen LogP) is 2.17. The summed E-state index contributed by atoms with van der Waals surface area (Å²) in [7, 11) is 0. The number of aliphatic hydroxyl groups excluding tert-OH is 1. The maximum Gasteiger partial charge on any atom is 0.416 e. The molecule has 0 fully saturated rings. The number of aliphatic hydroxyl groups is 1. The van der Waals surface area contributed by atoms with Crippen LogP contribution in [-0.4, -0.2) is 44.1 Å². The third kappa shape index (κ3) is 3.65. The molecule has 1 aromatic carbocycles. The fraction of sp³-hybridized carbons (Fsp3) is 0.353. The second-order valence-corrected chi connectivity index (χ2v) is 6.13. The van der Waals surface area contributed by atoms with E-state index < -0.39 is 11.7 Å². The SMILES string of the molecule is Cc1nn(CC(=O)NCCO)c(C)c1-c1cc(C(F)(F)F)cc2[nH]ncc12. The van der Waals surface area contributed by atoms with Gasteiger partial charge in [0.25, 0.3) is 0 Å². The molecule has 0 bridgehead atoms. The Hall–Kier alpha value is -2.88. The van der Waals surface area contributed by atoms with E-state index in [9.17, 15) is 18.0 Å². The molecule has 1 amide bonds. The second kappa shape index (κ2) is 7.03. The third-order valence-corrected chi connectivity index (χ3v) is 4.26. The van der Waals surface area contributed by atoms with Crippen LogP contribution in [-0.2, 0) is 17.5 Å². The molecule has 27 heavy (non-hydrogen) atoms. The van der Waals surface area contributed by atoms with E-state index in [4.69, 9.17) is 5.11 Å². The number of fused-ring (bicyclic) bond motifs is 1. The zero-order valence-corrected chi connectivity index (χ0v) is 14.7. The molecule has 10 heteroatoms. The monoisotopic (exact) mass is 381 g/mol. The number of rotatable bonds is 5. The van der Waals surface area contributed by atoms with Crippen molar-refractivity contribution in [3.63, 3.8) is 0 Å². The number of alkyl halides is 3. The molecule has 0 radical (unpaired) electrons. The number of aromatic nitrogens is 4. The summed E-state index contributed by atoms with van der Waals surface area (Å²) in [5, 5.41) is 22.6. The summed E-state index contributed by atoms with van der Waals surface area (Å²) in [5.74, 6) is -0.348. The summed E-state index contributed by atoms with van der Waals surface area (Å²) >= 11 is 0. The van der Waals surface area contributed by atoms with Gasteiger partial charge in [-0.2, -0.15) is 23.4 Å². The first-order chi connectivity index (χ1) is 12.7. The van der Waals surface area contributed by atoms with Gasteiger partial charge in [-0.05, 0) is 31.5 Å². The molecule has 0 atom stereocenters. The smallest absolute Gasteiger partial charge is 0.395 e. The Balaban J connectivity index is 2.09. The fourth-order valence-corrected chi connectivity index (χ4v) is 3.05. The van der Waals surface area contributed by atoms with Crippen molar-refractivity contribution in [1.82, 2.24) is 25.3 Å². The van der Waals surface area contributed by atoms with E-state index in [0.29, 0.717) is 27.9 Å². The zero-order chi connectivity index (χ0) is 19.8. The highest BCUT2D eigenvalue weighted by Gasteiger charge is 2.32. The van der Waals surface area contributed by atoms with Crippen molar-refractivity contribution in [2.24, 2.45) is 0 Å². The van der Waals surface area contributed by atoms with Gasteiger partial charge in [0.2, 0.25) is 5.91 Å². The number of nitrogens with zero attached hydrogens (tertiary/aromatic N) is 3.